The number of nitrogens with zero attached hydrogens (tertiary/aromatic N) is 1. The minimum absolute atomic E-state index is 0.179. The maximum Gasteiger partial charge on any atom is 0.242 e. The third-order valence-electron chi connectivity index (χ3n) is 4.52. The number of nitrogens with one attached hydrogen (secondary N) is 2. The molecule has 2 amide bonds. The van der Waals surface area contributed by atoms with Crippen molar-refractivity contribution in [1.82, 2.24) is 15.5 Å². The van der Waals surface area contributed by atoms with E-state index in [2.05, 4.69) is 16.7 Å². The lowest BCUT2D eigenvalue weighted by molar-refractivity contribution is -0.131. The third kappa shape index (κ3) is 6.98. The summed E-state index contributed by atoms with van der Waals surface area (Å²) < 4.78 is 0. The standard InChI is InChI=1S/C21H29N3O3S/c1-15(20(26)22-12-4-6-18-7-5-13-28-18)23-21(27)19(24(2)3)14-16-8-10-17(25)11-9-16/h5,7-11,13,15,19,25H,4,6,12,14H2,1-3H3,(H,22,26)(H,23,27)/t15-,19?/m1/s1. The van der Waals surface area contributed by atoms with Gasteiger partial charge in [0.05, 0.1) is 6.04 Å². The van der Waals surface area contributed by atoms with Gasteiger partial charge in [-0.1, -0.05) is 18.2 Å². The molecule has 0 saturated heterocycles. The minimum atomic E-state index is -0.600. The van der Waals surface area contributed by atoms with Crippen molar-refractivity contribution in [3.8, 4) is 5.75 Å². The Kier molecular flexibility index (Phi) is 8.47. The monoisotopic (exact) mass is 403 g/mol. The Morgan fingerprint density at radius 2 is 1.86 bits per heavy atom. The van der Waals surface area contributed by atoms with Gasteiger partial charge in [0.25, 0.3) is 0 Å². The van der Waals surface area contributed by atoms with Gasteiger partial charge in [0.2, 0.25) is 11.8 Å². The number of hydrogen-bond acceptors (Lipinski definition) is 5. The average molecular weight is 404 g/mol. The van der Waals surface area contributed by atoms with Crippen LogP contribution in [0, 0.1) is 0 Å². The summed E-state index contributed by atoms with van der Waals surface area (Å²) in [6, 6.07) is 9.90. The molecule has 0 fully saturated rings. The van der Waals surface area contributed by atoms with Crippen molar-refractivity contribution in [2.45, 2.75) is 38.3 Å². The number of carbonyl (C=O) groups excluding carboxylic acids is 2. The van der Waals surface area contributed by atoms with Crippen LogP contribution in [0.2, 0.25) is 0 Å². The highest BCUT2D eigenvalue weighted by Gasteiger charge is 2.24. The highest BCUT2D eigenvalue weighted by Crippen LogP contribution is 2.13. The number of phenols is 1. The van der Waals surface area contributed by atoms with E-state index >= 15 is 0 Å². The number of benzene rings is 1. The van der Waals surface area contributed by atoms with Crippen molar-refractivity contribution in [2.24, 2.45) is 0 Å². The Hall–Kier alpha value is -2.38. The van der Waals surface area contributed by atoms with E-state index in [-0.39, 0.29) is 17.6 Å². The molecule has 2 rings (SSSR count). The molecule has 7 heteroatoms. The summed E-state index contributed by atoms with van der Waals surface area (Å²) in [6.45, 7) is 2.28. The lowest BCUT2D eigenvalue weighted by atomic mass is 10.0. The van der Waals surface area contributed by atoms with E-state index in [4.69, 9.17) is 0 Å². The smallest absolute Gasteiger partial charge is 0.242 e. The molecule has 0 saturated carbocycles. The molecular weight excluding hydrogens is 374 g/mol. The van der Waals surface area contributed by atoms with E-state index in [0.29, 0.717) is 13.0 Å². The maximum atomic E-state index is 12.7. The average Bonchev–Trinajstić information content (AvgIpc) is 3.17. The molecule has 1 heterocycles. The molecule has 0 spiro atoms. The number of amides is 2. The Morgan fingerprint density at radius 3 is 2.46 bits per heavy atom. The van der Waals surface area contributed by atoms with Gasteiger partial charge < -0.3 is 15.7 Å². The topological polar surface area (TPSA) is 81.7 Å². The fourth-order valence-electron chi connectivity index (χ4n) is 2.82. The minimum Gasteiger partial charge on any atom is -0.508 e. The fourth-order valence-corrected chi connectivity index (χ4v) is 3.57. The summed E-state index contributed by atoms with van der Waals surface area (Å²) in [5.74, 6) is -0.181. The van der Waals surface area contributed by atoms with Crippen molar-refractivity contribution >= 4 is 23.2 Å². The van der Waals surface area contributed by atoms with E-state index in [9.17, 15) is 14.7 Å². The van der Waals surface area contributed by atoms with E-state index in [0.717, 1.165) is 18.4 Å². The Bertz CT molecular complexity index is 745. The second-order valence-electron chi connectivity index (χ2n) is 7.05. The normalized spacial score (nSPS) is 13.1. The van der Waals surface area contributed by atoms with Gasteiger partial charge in [-0.05, 0) is 69.4 Å². The molecule has 2 aromatic rings. The summed E-state index contributed by atoms with van der Waals surface area (Å²) in [7, 11) is 3.67. The van der Waals surface area contributed by atoms with E-state index in [1.54, 1.807) is 42.5 Å². The zero-order valence-electron chi connectivity index (χ0n) is 16.6. The first kappa shape index (κ1) is 21.9. The van der Waals surface area contributed by atoms with Crippen molar-refractivity contribution in [3.63, 3.8) is 0 Å². The molecule has 0 aliphatic rings. The van der Waals surface area contributed by atoms with Gasteiger partial charge in [0.1, 0.15) is 11.8 Å². The van der Waals surface area contributed by atoms with Crippen LogP contribution in [0.15, 0.2) is 41.8 Å². The lowest BCUT2D eigenvalue weighted by Crippen LogP contribution is -2.52. The summed E-state index contributed by atoms with van der Waals surface area (Å²) in [5, 5.41) is 17.1. The fraction of sp³-hybridized carbons (Fsp3) is 0.429. The highest BCUT2D eigenvalue weighted by molar-refractivity contribution is 7.09. The van der Waals surface area contributed by atoms with E-state index in [1.807, 2.05) is 30.4 Å². The molecule has 0 aliphatic carbocycles. The molecule has 28 heavy (non-hydrogen) atoms. The molecule has 152 valence electrons. The molecular formula is C21H29N3O3S. The first-order chi connectivity index (χ1) is 13.4. The second-order valence-corrected chi connectivity index (χ2v) is 8.09. The quantitative estimate of drug-likeness (QED) is 0.531. The molecule has 1 unspecified atom stereocenters. The van der Waals surface area contributed by atoms with Crippen LogP contribution in [-0.4, -0.2) is 54.5 Å². The predicted molar refractivity (Wildman–Crippen MR) is 113 cm³/mol. The van der Waals surface area contributed by atoms with Crippen LogP contribution in [0.1, 0.15) is 23.8 Å². The largest absolute Gasteiger partial charge is 0.508 e. The van der Waals surface area contributed by atoms with Crippen LogP contribution < -0.4 is 10.6 Å². The number of carbonyl (C=O) groups is 2. The summed E-state index contributed by atoms with van der Waals surface area (Å²) in [6.07, 6.45) is 2.30. The number of thiophene rings is 1. The van der Waals surface area contributed by atoms with Crippen LogP contribution in [0.25, 0.3) is 0 Å². The van der Waals surface area contributed by atoms with Gasteiger partial charge >= 0.3 is 0 Å². The van der Waals surface area contributed by atoms with Crippen LogP contribution in [-0.2, 0) is 22.4 Å². The molecule has 0 bridgehead atoms. The molecule has 1 aromatic carbocycles. The van der Waals surface area contributed by atoms with E-state index < -0.39 is 12.1 Å². The second kappa shape index (κ2) is 10.8. The van der Waals surface area contributed by atoms with Gasteiger partial charge in [-0.2, -0.15) is 0 Å². The summed E-state index contributed by atoms with van der Waals surface area (Å²) in [5.41, 5.74) is 0.942. The van der Waals surface area contributed by atoms with Gasteiger partial charge in [-0.25, -0.2) is 0 Å². The van der Waals surface area contributed by atoms with Crippen LogP contribution in [0.5, 0.6) is 5.75 Å². The van der Waals surface area contributed by atoms with Gasteiger partial charge in [0.15, 0.2) is 0 Å². The highest BCUT2D eigenvalue weighted by atomic mass is 32.1. The summed E-state index contributed by atoms with van der Waals surface area (Å²) in [4.78, 5) is 28.1. The van der Waals surface area contributed by atoms with Crippen molar-refractivity contribution < 1.29 is 14.7 Å². The van der Waals surface area contributed by atoms with Crippen molar-refractivity contribution in [2.75, 3.05) is 20.6 Å². The molecule has 6 nitrogen and oxygen atoms in total. The lowest BCUT2D eigenvalue weighted by Gasteiger charge is -2.25. The molecule has 1 aromatic heterocycles. The Balaban J connectivity index is 1.80. The Labute approximate surface area is 170 Å². The zero-order valence-corrected chi connectivity index (χ0v) is 17.5. The van der Waals surface area contributed by atoms with Crippen molar-refractivity contribution in [3.05, 3.63) is 52.2 Å². The molecule has 0 aliphatic heterocycles. The predicted octanol–water partition coefficient (Wildman–Crippen LogP) is 2.18. The van der Waals surface area contributed by atoms with Crippen LogP contribution >= 0.6 is 11.3 Å². The third-order valence-corrected chi connectivity index (χ3v) is 5.46. The molecule has 2 atom stereocenters. The molecule has 0 radical (unpaired) electrons. The van der Waals surface area contributed by atoms with Gasteiger partial charge in [-0.3, -0.25) is 14.5 Å². The number of likely N-dealkylation sites (N-methyl/N-ethyl adjacent to an activating group) is 1. The van der Waals surface area contributed by atoms with E-state index in [1.165, 1.54) is 4.88 Å². The number of hydrogen-bond donors (Lipinski definition) is 3. The first-order valence-electron chi connectivity index (χ1n) is 9.41. The molecule has 3 N–H and O–H groups in total. The Morgan fingerprint density at radius 1 is 1.14 bits per heavy atom. The maximum absolute atomic E-state index is 12.7. The van der Waals surface area contributed by atoms with Gasteiger partial charge in [0, 0.05) is 11.4 Å². The van der Waals surface area contributed by atoms with Crippen LogP contribution in [0.3, 0.4) is 0 Å². The summed E-state index contributed by atoms with van der Waals surface area (Å²) >= 11 is 1.72. The number of phenolic OH excluding ortho intramolecular Hbond substituents is 1. The van der Waals surface area contributed by atoms with Crippen molar-refractivity contribution in [1.29, 1.82) is 0 Å². The van der Waals surface area contributed by atoms with Crippen LogP contribution in [0.4, 0.5) is 0 Å². The number of aromatic hydroxyl groups is 1. The zero-order chi connectivity index (χ0) is 20.5. The number of aryl methyl sites for hydroxylation is 1. The SMILES string of the molecule is C[C@@H](NC(=O)C(Cc1ccc(O)cc1)N(C)C)C(=O)NCCCc1cccs1. The van der Waals surface area contributed by atoms with Gasteiger partial charge in [-0.15, -0.1) is 11.3 Å². The number of rotatable bonds is 10. The first-order valence-corrected chi connectivity index (χ1v) is 10.3.